The summed E-state index contributed by atoms with van der Waals surface area (Å²) in [6.45, 7) is 3.84. The lowest BCUT2D eigenvalue weighted by atomic mass is 9.99. The second-order valence-electron chi connectivity index (χ2n) is 18.7. The number of unbranched alkanes of at least 4 members (excludes halogenated alkanes) is 31. The summed E-state index contributed by atoms with van der Waals surface area (Å²) in [5, 5.41) is 54.6. The van der Waals surface area contributed by atoms with Gasteiger partial charge >= 0.3 is 0 Å². The van der Waals surface area contributed by atoms with Crippen LogP contribution < -0.4 is 5.32 Å². The highest BCUT2D eigenvalue weighted by molar-refractivity contribution is 5.76. The first kappa shape index (κ1) is 58.7. The van der Waals surface area contributed by atoms with Crippen LogP contribution in [0.1, 0.15) is 251 Å². The molecule has 7 unspecified atom stereocenters. The van der Waals surface area contributed by atoms with Gasteiger partial charge < -0.3 is 40.3 Å². The molecule has 1 aliphatic heterocycles. The highest BCUT2D eigenvalue weighted by Crippen LogP contribution is 2.23. The highest BCUT2D eigenvalue weighted by Gasteiger charge is 2.44. The monoisotopic (exact) mass is 880 g/mol. The van der Waals surface area contributed by atoms with Crippen LogP contribution in [0.2, 0.25) is 0 Å². The van der Waals surface area contributed by atoms with E-state index in [9.17, 15) is 30.3 Å². The lowest BCUT2D eigenvalue weighted by molar-refractivity contribution is -0.302. The molecule has 0 spiro atoms. The Morgan fingerprint density at radius 2 is 0.952 bits per heavy atom. The van der Waals surface area contributed by atoms with Crippen molar-refractivity contribution in [3.05, 3.63) is 24.3 Å². The number of nitrogens with one attached hydrogen (secondary N) is 1. The van der Waals surface area contributed by atoms with Crippen molar-refractivity contribution in [3.63, 3.8) is 0 Å². The van der Waals surface area contributed by atoms with Gasteiger partial charge in [0.15, 0.2) is 6.29 Å². The van der Waals surface area contributed by atoms with Crippen LogP contribution in [0.4, 0.5) is 0 Å². The Kier molecular flexibility index (Phi) is 41.2. The minimum atomic E-state index is -1.55. The van der Waals surface area contributed by atoms with Crippen molar-refractivity contribution in [2.24, 2.45) is 0 Å². The number of allylic oxidation sites excluding steroid dienone is 4. The molecule has 6 N–H and O–H groups in total. The number of ether oxygens (including phenoxy) is 2. The molecular weight excluding hydrogens is 779 g/mol. The maximum atomic E-state index is 13.0. The zero-order chi connectivity index (χ0) is 45.1. The van der Waals surface area contributed by atoms with Gasteiger partial charge in [-0.15, -0.1) is 0 Å². The molecule has 0 saturated carbocycles. The molecule has 1 heterocycles. The molecule has 1 saturated heterocycles. The van der Waals surface area contributed by atoms with E-state index >= 15 is 0 Å². The van der Waals surface area contributed by atoms with Crippen molar-refractivity contribution in [1.82, 2.24) is 5.32 Å². The van der Waals surface area contributed by atoms with Crippen molar-refractivity contribution in [1.29, 1.82) is 0 Å². The number of amides is 1. The summed E-state index contributed by atoms with van der Waals surface area (Å²) in [6, 6.07) is -0.722. The van der Waals surface area contributed by atoms with Crippen LogP contribution in [0.15, 0.2) is 24.3 Å². The standard InChI is InChI=1S/C53H101NO8/c1-3-5-7-9-11-13-15-17-19-21-23-24-25-26-28-30-32-34-36-38-40-42-47(56)46(45-61-53-52(60)51(59)50(58)48(44-55)62-53)54-49(57)43-41-39-37-35-33-31-29-27-22-20-18-16-14-12-10-8-6-4-2/h14,16,20,22,46-48,50-53,55-56,58-60H,3-13,15,17-19,21,23-45H2,1-2H3,(H,54,57)/b16-14-,22-20-. The number of hydrogen-bond acceptors (Lipinski definition) is 8. The Balaban J connectivity index is 2.26. The minimum absolute atomic E-state index is 0.139. The largest absolute Gasteiger partial charge is 0.394 e. The lowest BCUT2D eigenvalue weighted by Gasteiger charge is -2.40. The van der Waals surface area contributed by atoms with Crippen LogP contribution in [0.3, 0.4) is 0 Å². The minimum Gasteiger partial charge on any atom is -0.394 e. The number of aliphatic hydroxyl groups is 5. The van der Waals surface area contributed by atoms with Crippen molar-refractivity contribution in [2.75, 3.05) is 13.2 Å². The topological polar surface area (TPSA) is 149 Å². The van der Waals surface area contributed by atoms with Gasteiger partial charge in [-0.2, -0.15) is 0 Å². The molecule has 0 radical (unpaired) electrons. The number of aliphatic hydroxyl groups excluding tert-OH is 5. The van der Waals surface area contributed by atoms with Gasteiger partial charge in [0.05, 0.1) is 25.4 Å². The molecule has 1 rings (SSSR count). The second kappa shape index (κ2) is 43.6. The van der Waals surface area contributed by atoms with E-state index in [2.05, 4.69) is 43.5 Å². The summed E-state index contributed by atoms with van der Waals surface area (Å²) < 4.78 is 11.3. The smallest absolute Gasteiger partial charge is 0.220 e. The Morgan fingerprint density at radius 1 is 0.548 bits per heavy atom. The Labute approximate surface area is 381 Å². The van der Waals surface area contributed by atoms with Crippen LogP contribution >= 0.6 is 0 Å². The lowest BCUT2D eigenvalue weighted by Crippen LogP contribution is -2.60. The molecule has 366 valence electrons. The van der Waals surface area contributed by atoms with Crippen LogP contribution in [-0.4, -0.2) is 87.5 Å². The van der Waals surface area contributed by atoms with Crippen LogP contribution in [0.5, 0.6) is 0 Å². The number of hydrogen-bond donors (Lipinski definition) is 6. The number of rotatable bonds is 45. The fourth-order valence-corrected chi connectivity index (χ4v) is 8.55. The Bertz CT molecular complexity index is 1020. The van der Waals surface area contributed by atoms with Gasteiger partial charge in [-0.25, -0.2) is 0 Å². The van der Waals surface area contributed by atoms with E-state index in [1.54, 1.807) is 0 Å². The third kappa shape index (κ3) is 33.2. The highest BCUT2D eigenvalue weighted by atomic mass is 16.7. The summed E-state index contributed by atoms with van der Waals surface area (Å²) in [6.07, 6.45) is 46.1. The van der Waals surface area contributed by atoms with Crippen molar-refractivity contribution < 1.29 is 39.8 Å². The number of carbonyl (C=O) groups excluding carboxylic acids is 1. The summed E-state index contributed by atoms with van der Waals surface area (Å²) in [4.78, 5) is 13.0. The van der Waals surface area contributed by atoms with Crippen molar-refractivity contribution in [3.8, 4) is 0 Å². The first-order valence-corrected chi connectivity index (χ1v) is 26.5. The van der Waals surface area contributed by atoms with Gasteiger partial charge in [0.2, 0.25) is 5.91 Å². The molecule has 0 aromatic carbocycles. The van der Waals surface area contributed by atoms with Gasteiger partial charge in [0, 0.05) is 6.42 Å². The average Bonchev–Trinajstić information content (AvgIpc) is 3.27. The molecule has 0 bridgehead atoms. The van der Waals surface area contributed by atoms with E-state index in [4.69, 9.17) is 9.47 Å². The van der Waals surface area contributed by atoms with E-state index < -0.39 is 49.5 Å². The second-order valence-corrected chi connectivity index (χ2v) is 18.7. The van der Waals surface area contributed by atoms with E-state index in [0.717, 1.165) is 51.4 Å². The molecule has 7 atom stereocenters. The fraction of sp³-hybridized carbons (Fsp3) is 0.906. The van der Waals surface area contributed by atoms with Gasteiger partial charge in [0.1, 0.15) is 24.4 Å². The molecule has 1 amide bonds. The summed E-state index contributed by atoms with van der Waals surface area (Å²) in [5.74, 6) is -0.150. The molecule has 0 aromatic heterocycles. The predicted octanol–water partition coefficient (Wildman–Crippen LogP) is 12.2. The number of carbonyl (C=O) groups is 1. The Morgan fingerprint density at radius 3 is 1.40 bits per heavy atom. The van der Waals surface area contributed by atoms with Gasteiger partial charge in [-0.3, -0.25) is 4.79 Å². The van der Waals surface area contributed by atoms with Gasteiger partial charge in [-0.05, 0) is 44.9 Å². The quantitative estimate of drug-likeness (QED) is 0.0262. The molecular formula is C53H101NO8. The summed E-state index contributed by atoms with van der Waals surface area (Å²) in [5.41, 5.74) is 0. The molecule has 9 nitrogen and oxygen atoms in total. The van der Waals surface area contributed by atoms with E-state index in [-0.39, 0.29) is 12.5 Å². The summed E-state index contributed by atoms with van der Waals surface area (Å²) >= 11 is 0. The first-order chi connectivity index (χ1) is 30.3. The van der Waals surface area contributed by atoms with Crippen LogP contribution in [0, 0.1) is 0 Å². The van der Waals surface area contributed by atoms with Crippen molar-refractivity contribution >= 4 is 5.91 Å². The molecule has 0 aliphatic carbocycles. The molecule has 0 aromatic rings. The molecule has 62 heavy (non-hydrogen) atoms. The summed E-state index contributed by atoms with van der Waals surface area (Å²) in [7, 11) is 0. The zero-order valence-electron chi connectivity index (χ0n) is 40.4. The third-order valence-electron chi connectivity index (χ3n) is 12.8. The van der Waals surface area contributed by atoms with E-state index in [1.807, 2.05) is 0 Å². The maximum absolute atomic E-state index is 13.0. The maximum Gasteiger partial charge on any atom is 0.220 e. The molecule has 1 fully saturated rings. The van der Waals surface area contributed by atoms with Crippen molar-refractivity contribution in [2.45, 2.75) is 294 Å². The predicted molar refractivity (Wildman–Crippen MR) is 258 cm³/mol. The average molecular weight is 880 g/mol. The normalized spacial score (nSPS) is 20.4. The van der Waals surface area contributed by atoms with Gasteiger partial charge in [-0.1, -0.05) is 224 Å². The van der Waals surface area contributed by atoms with E-state index in [0.29, 0.717) is 12.8 Å². The third-order valence-corrected chi connectivity index (χ3v) is 12.8. The van der Waals surface area contributed by atoms with Gasteiger partial charge in [0.25, 0.3) is 0 Å². The molecule has 9 heteroatoms. The van der Waals surface area contributed by atoms with E-state index in [1.165, 1.54) is 173 Å². The van der Waals surface area contributed by atoms with Crippen LogP contribution in [-0.2, 0) is 14.3 Å². The first-order valence-electron chi connectivity index (χ1n) is 26.5. The SMILES string of the molecule is CCCCCC/C=C\C/C=C\CCCCCCCCCC(=O)NC(COC1OC(CO)C(O)C(O)C1O)C(O)CCCCCCCCCCCCCCCCCCCCCCC. The van der Waals surface area contributed by atoms with Crippen LogP contribution in [0.25, 0.3) is 0 Å². The fourth-order valence-electron chi connectivity index (χ4n) is 8.55. The molecule has 1 aliphatic rings. The Hall–Kier alpha value is -1.33. The zero-order valence-corrected chi connectivity index (χ0v) is 40.4.